The third-order valence-electron chi connectivity index (χ3n) is 2.50. The van der Waals surface area contributed by atoms with Gasteiger partial charge in [0.15, 0.2) is 0 Å². The van der Waals surface area contributed by atoms with Gasteiger partial charge in [0.2, 0.25) is 10.0 Å². The SMILES string of the molecule is CNS(=O)(=O)c1cc(N)ccc1NCc1cncs1. The van der Waals surface area contributed by atoms with E-state index in [0.717, 1.165) is 4.88 Å². The summed E-state index contributed by atoms with van der Waals surface area (Å²) in [4.78, 5) is 5.12. The van der Waals surface area contributed by atoms with Gasteiger partial charge in [0.1, 0.15) is 4.90 Å². The molecule has 0 amide bonds. The number of hydrogen-bond donors (Lipinski definition) is 3. The predicted octanol–water partition coefficient (Wildman–Crippen LogP) is 1.25. The van der Waals surface area contributed by atoms with E-state index in [0.29, 0.717) is 17.9 Å². The normalized spacial score (nSPS) is 11.4. The predicted molar refractivity (Wildman–Crippen MR) is 76.5 cm³/mol. The van der Waals surface area contributed by atoms with E-state index in [1.54, 1.807) is 23.8 Å². The molecule has 0 fully saturated rings. The molecule has 0 saturated heterocycles. The summed E-state index contributed by atoms with van der Waals surface area (Å²) in [6, 6.07) is 4.74. The van der Waals surface area contributed by atoms with Crippen molar-refractivity contribution < 1.29 is 8.42 Å². The fourth-order valence-corrected chi connectivity index (χ4v) is 3.00. The molecule has 4 N–H and O–H groups in total. The van der Waals surface area contributed by atoms with Gasteiger partial charge in [-0.25, -0.2) is 13.1 Å². The number of sulfonamides is 1. The number of nitrogens with one attached hydrogen (secondary N) is 2. The second-order valence-electron chi connectivity index (χ2n) is 3.78. The van der Waals surface area contributed by atoms with Crippen LogP contribution in [0.2, 0.25) is 0 Å². The second kappa shape index (κ2) is 5.55. The lowest BCUT2D eigenvalue weighted by Crippen LogP contribution is -2.20. The van der Waals surface area contributed by atoms with Crippen molar-refractivity contribution in [1.29, 1.82) is 0 Å². The van der Waals surface area contributed by atoms with Gasteiger partial charge in [-0.15, -0.1) is 11.3 Å². The maximum absolute atomic E-state index is 11.9. The van der Waals surface area contributed by atoms with Gasteiger partial charge in [0.05, 0.1) is 17.7 Å². The molecular weight excluding hydrogens is 284 g/mol. The molecule has 0 aliphatic carbocycles. The molecule has 102 valence electrons. The number of hydrogen-bond acceptors (Lipinski definition) is 6. The first kappa shape index (κ1) is 13.8. The molecule has 2 aromatic rings. The zero-order chi connectivity index (χ0) is 13.9. The summed E-state index contributed by atoms with van der Waals surface area (Å²) in [7, 11) is -2.18. The highest BCUT2D eigenvalue weighted by Crippen LogP contribution is 2.24. The summed E-state index contributed by atoms with van der Waals surface area (Å²) >= 11 is 1.50. The van der Waals surface area contributed by atoms with Crippen LogP contribution in [0.3, 0.4) is 0 Å². The van der Waals surface area contributed by atoms with Gasteiger partial charge in [-0.05, 0) is 25.2 Å². The maximum Gasteiger partial charge on any atom is 0.242 e. The first-order valence-electron chi connectivity index (χ1n) is 5.47. The number of nitrogens with two attached hydrogens (primary N) is 1. The summed E-state index contributed by atoms with van der Waals surface area (Å²) < 4.78 is 26.1. The summed E-state index contributed by atoms with van der Waals surface area (Å²) in [5, 5.41) is 3.08. The van der Waals surface area contributed by atoms with Crippen LogP contribution in [0, 0.1) is 0 Å². The molecule has 6 nitrogen and oxygen atoms in total. The lowest BCUT2D eigenvalue weighted by atomic mass is 10.3. The summed E-state index contributed by atoms with van der Waals surface area (Å²) in [5.41, 5.74) is 8.28. The molecule has 0 spiro atoms. The largest absolute Gasteiger partial charge is 0.399 e. The van der Waals surface area contributed by atoms with Gasteiger partial charge < -0.3 is 11.1 Å². The highest BCUT2D eigenvalue weighted by molar-refractivity contribution is 7.89. The van der Waals surface area contributed by atoms with Crippen LogP contribution in [0.1, 0.15) is 4.88 Å². The lowest BCUT2D eigenvalue weighted by molar-refractivity contribution is 0.588. The number of benzene rings is 1. The van der Waals surface area contributed by atoms with Gasteiger partial charge in [0, 0.05) is 16.8 Å². The van der Waals surface area contributed by atoms with Crippen LogP contribution in [-0.4, -0.2) is 20.4 Å². The van der Waals surface area contributed by atoms with Crippen molar-refractivity contribution >= 4 is 32.7 Å². The highest BCUT2D eigenvalue weighted by atomic mass is 32.2. The number of thiazole rings is 1. The average molecular weight is 298 g/mol. The minimum Gasteiger partial charge on any atom is -0.399 e. The Morgan fingerprint density at radius 1 is 1.42 bits per heavy atom. The average Bonchev–Trinajstić information content (AvgIpc) is 2.90. The molecule has 0 atom stereocenters. The van der Waals surface area contributed by atoms with Gasteiger partial charge in [-0.3, -0.25) is 4.98 Å². The van der Waals surface area contributed by atoms with Gasteiger partial charge in [-0.2, -0.15) is 0 Å². The van der Waals surface area contributed by atoms with Crippen LogP contribution in [0.4, 0.5) is 11.4 Å². The Balaban J connectivity index is 2.30. The zero-order valence-electron chi connectivity index (χ0n) is 10.3. The summed E-state index contributed by atoms with van der Waals surface area (Å²) in [5.74, 6) is 0. The molecule has 1 heterocycles. The molecule has 0 saturated carbocycles. The van der Waals surface area contributed by atoms with Crippen molar-refractivity contribution in [3.05, 3.63) is 34.8 Å². The quantitative estimate of drug-likeness (QED) is 0.722. The summed E-state index contributed by atoms with van der Waals surface area (Å²) in [6.07, 6.45) is 1.74. The smallest absolute Gasteiger partial charge is 0.242 e. The van der Waals surface area contributed by atoms with E-state index < -0.39 is 10.0 Å². The van der Waals surface area contributed by atoms with Crippen LogP contribution in [0.25, 0.3) is 0 Å². The first-order valence-corrected chi connectivity index (χ1v) is 7.83. The van der Waals surface area contributed by atoms with E-state index in [4.69, 9.17) is 5.73 Å². The fourth-order valence-electron chi connectivity index (χ4n) is 1.53. The van der Waals surface area contributed by atoms with Gasteiger partial charge in [-0.1, -0.05) is 0 Å². The minimum absolute atomic E-state index is 0.138. The molecule has 0 aliphatic rings. The third-order valence-corrected chi connectivity index (χ3v) is 4.73. The molecule has 0 aliphatic heterocycles. The molecule has 1 aromatic heterocycles. The second-order valence-corrected chi connectivity index (χ2v) is 6.61. The van der Waals surface area contributed by atoms with Crippen molar-refractivity contribution in [1.82, 2.24) is 9.71 Å². The monoisotopic (exact) mass is 298 g/mol. The van der Waals surface area contributed by atoms with E-state index in [2.05, 4.69) is 15.0 Å². The van der Waals surface area contributed by atoms with E-state index in [9.17, 15) is 8.42 Å². The third kappa shape index (κ3) is 3.22. The molecule has 0 bridgehead atoms. The summed E-state index contributed by atoms with van der Waals surface area (Å²) in [6.45, 7) is 0.515. The van der Waals surface area contributed by atoms with Gasteiger partial charge in [0.25, 0.3) is 0 Å². The number of anilines is 2. The van der Waals surface area contributed by atoms with Crippen LogP contribution >= 0.6 is 11.3 Å². The Bertz CT molecular complexity index is 653. The van der Waals surface area contributed by atoms with E-state index >= 15 is 0 Å². The molecular formula is C11H14N4O2S2. The maximum atomic E-state index is 11.9. The zero-order valence-corrected chi connectivity index (χ0v) is 11.9. The Hall–Kier alpha value is -1.64. The Labute approximate surface area is 115 Å². The van der Waals surface area contributed by atoms with Gasteiger partial charge >= 0.3 is 0 Å². The van der Waals surface area contributed by atoms with Crippen molar-refractivity contribution in [3.63, 3.8) is 0 Å². The van der Waals surface area contributed by atoms with E-state index in [1.807, 2.05) is 0 Å². The molecule has 2 rings (SSSR count). The fraction of sp³-hybridized carbons (Fsp3) is 0.182. The topological polar surface area (TPSA) is 97.1 Å². The van der Waals surface area contributed by atoms with Crippen LogP contribution < -0.4 is 15.8 Å². The molecule has 19 heavy (non-hydrogen) atoms. The van der Waals surface area contributed by atoms with Crippen LogP contribution in [-0.2, 0) is 16.6 Å². The number of rotatable bonds is 5. The molecule has 8 heteroatoms. The van der Waals surface area contributed by atoms with Crippen molar-refractivity contribution in [3.8, 4) is 0 Å². The van der Waals surface area contributed by atoms with E-state index in [1.165, 1.54) is 24.5 Å². The lowest BCUT2D eigenvalue weighted by Gasteiger charge is -2.12. The Kier molecular flexibility index (Phi) is 4.03. The van der Waals surface area contributed by atoms with Crippen LogP contribution in [0.5, 0.6) is 0 Å². The van der Waals surface area contributed by atoms with Crippen LogP contribution in [0.15, 0.2) is 34.8 Å². The first-order chi connectivity index (χ1) is 9.03. The molecule has 0 unspecified atom stereocenters. The standard InChI is InChI=1S/C11H14N4O2S2/c1-13-19(16,17)11-4-8(12)2-3-10(11)15-6-9-5-14-7-18-9/h2-5,7,13,15H,6,12H2,1H3. The number of nitrogen functional groups attached to an aromatic ring is 1. The highest BCUT2D eigenvalue weighted by Gasteiger charge is 2.17. The minimum atomic E-state index is -3.55. The molecule has 0 radical (unpaired) electrons. The van der Waals surface area contributed by atoms with Crippen molar-refractivity contribution in [2.75, 3.05) is 18.1 Å². The van der Waals surface area contributed by atoms with Crippen molar-refractivity contribution in [2.24, 2.45) is 0 Å². The Morgan fingerprint density at radius 3 is 2.84 bits per heavy atom. The molecule has 1 aromatic carbocycles. The van der Waals surface area contributed by atoms with Crippen molar-refractivity contribution in [2.45, 2.75) is 11.4 Å². The number of aromatic nitrogens is 1. The van der Waals surface area contributed by atoms with E-state index in [-0.39, 0.29) is 4.90 Å². The number of nitrogens with zero attached hydrogens (tertiary/aromatic N) is 1. The Morgan fingerprint density at radius 2 is 2.21 bits per heavy atom.